The maximum absolute atomic E-state index is 10.1. The van der Waals surface area contributed by atoms with E-state index in [0.29, 0.717) is 16.9 Å². The third-order valence-corrected chi connectivity index (χ3v) is 2.15. The summed E-state index contributed by atoms with van der Waals surface area (Å²) in [5.74, 6) is -0.00324. The lowest BCUT2D eigenvalue weighted by Gasteiger charge is -2.02. The van der Waals surface area contributed by atoms with Crippen LogP contribution in [-0.4, -0.2) is 11.4 Å². The molecule has 2 nitrogen and oxygen atoms in total. The fourth-order valence-electron chi connectivity index (χ4n) is 0.831. The smallest absolute Gasteiger partial charge is 0.124 e. The van der Waals surface area contributed by atoms with Crippen LogP contribution in [0.5, 0.6) is 5.75 Å². The van der Waals surface area contributed by atoms with Crippen LogP contribution < -0.4 is 0 Å². The second kappa shape index (κ2) is 3.78. The van der Waals surface area contributed by atoms with E-state index in [0.717, 1.165) is 0 Å². The van der Waals surface area contributed by atoms with Crippen molar-refractivity contribution in [1.29, 1.82) is 0 Å². The first-order valence-corrected chi connectivity index (χ1v) is 4.01. The zero-order valence-corrected chi connectivity index (χ0v) is 7.56. The highest BCUT2D eigenvalue weighted by Crippen LogP contribution is 2.29. The molecule has 0 spiro atoms. The van der Waals surface area contributed by atoms with Crippen LogP contribution in [-0.2, 0) is 11.2 Å². The van der Waals surface area contributed by atoms with Crippen molar-refractivity contribution in [2.24, 2.45) is 0 Å². The van der Waals surface area contributed by atoms with Gasteiger partial charge in [-0.05, 0) is 6.07 Å². The van der Waals surface area contributed by atoms with Gasteiger partial charge in [-0.1, -0.05) is 23.2 Å². The van der Waals surface area contributed by atoms with Crippen molar-refractivity contribution in [2.75, 3.05) is 0 Å². The molecule has 0 fully saturated rings. The van der Waals surface area contributed by atoms with Crippen LogP contribution in [0.1, 0.15) is 5.56 Å². The lowest BCUT2D eigenvalue weighted by atomic mass is 10.1. The van der Waals surface area contributed by atoms with Crippen LogP contribution in [0, 0.1) is 0 Å². The van der Waals surface area contributed by atoms with Gasteiger partial charge < -0.3 is 9.90 Å². The monoisotopic (exact) mass is 204 g/mol. The summed E-state index contributed by atoms with van der Waals surface area (Å²) in [7, 11) is 0. The number of benzene rings is 1. The van der Waals surface area contributed by atoms with Gasteiger partial charge in [-0.3, -0.25) is 0 Å². The maximum Gasteiger partial charge on any atom is 0.124 e. The molecule has 1 rings (SSSR count). The summed E-state index contributed by atoms with van der Waals surface area (Å²) in [4.78, 5) is 10.1. The molecule has 0 heterocycles. The fraction of sp³-hybridized carbons (Fsp3) is 0.125. The first-order valence-electron chi connectivity index (χ1n) is 3.25. The predicted molar refractivity (Wildman–Crippen MR) is 47.9 cm³/mol. The minimum Gasteiger partial charge on any atom is -0.508 e. The second-order valence-corrected chi connectivity index (χ2v) is 3.08. The number of rotatable bonds is 2. The third kappa shape index (κ3) is 1.90. The largest absolute Gasteiger partial charge is 0.508 e. The Morgan fingerprint density at radius 3 is 2.50 bits per heavy atom. The van der Waals surface area contributed by atoms with E-state index in [9.17, 15) is 9.90 Å². The van der Waals surface area contributed by atoms with E-state index in [1.807, 2.05) is 0 Å². The van der Waals surface area contributed by atoms with Crippen LogP contribution >= 0.6 is 23.2 Å². The van der Waals surface area contributed by atoms with E-state index < -0.39 is 0 Å². The van der Waals surface area contributed by atoms with Crippen molar-refractivity contribution in [1.82, 2.24) is 0 Å². The van der Waals surface area contributed by atoms with Gasteiger partial charge in [-0.2, -0.15) is 0 Å². The number of carbonyl (C=O) groups is 1. The molecule has 0 aliphatic rings. The summed E-state index contributed by atoms with van der Waals surface area (Å²) in [6.07, 6.45) is 0.835. The van der Waals surface area contributed by atoms with Gasteiger partial charge in [0.25, 0.3) is 0 Å². The molecular weight excluding hydrogens is 199 g/mol. The molecule has 1 N–H and O–H groups in total. The number of hydrogen-bond donors (Lipinski definition) is 1. The molecule has 0 atom stereocenters. The van der Waals surface area contributed by atoms with Crippen molar-refractivity contribution < 1.29 is 9.90 Å². The number of aromatic hydroxyl groups is 1. The predicted octanol–water partition coefficient (Wildman–Crippen LogP) is 2.44. The summed E-state index contributed by atoms with van der Waals surface area (Å²) < 4.78 is 0. The number of phenols is 1. The standard InChI is InChI=1S/C8H6Cl2O2/c9-6-3-5(1-2-11)8(12)4-7(6)10/h2-4,12H,1H2. The fourth-order valence-corrected chi connectivity index (χ4v) is 1.17. The first-order chi connectivity index (χ1) is 5.65. The van der Waals surface area contributed by atoms with Crippen molar-refractivity contribution in [3.8, 4) is 5.75 Å². The van der Waals surface area contributed by atoms with Crippen molar-refractivity contribution in [2.45, 2.75) is 6.42 Å². The molecule has 12 heavy (non-hydrogen) atoms. The molecule has 0 aliphatic carbocycles. The number of aldehydes is 1. The van der Waals surface area contributed by atoms with Gasteiger partial charge in [0.15, 0.2) is 0 Å². The average Bonchev–Trinajstić information content (AvgIpc) is 2.01. The van der Waals surface area contributed by atoms with Crippen LogP contribution in [0.15, 0.2) is 12.1 Å². The Balaban J connectivity index is 3.13. The van der Waals surface area contributed by atoms with E-state index in [4.69, 9.17) is 23.2 Å². The Bertz CT molecular complexity index is 310. The molecule has 1 aromatic carbocycles. The topological polar surface area (TPSA) is 37.3 Å². The molecule has 0 unspecified atom stereocenters. The SMILES string of the molecule is O=CCc1cc(Cl)c(Cl)cc1O. The molecule has 4 heteroatoms. The minimum atomic E-state index is -0.00324. The summed E-state index contributed by atoms with van der Waals surface area (Å²) >= 11 is 11.3. The molecule has 1 aromatic rings. The Morgan fingerprint density at radius 2 is 1.92 bits per heavy atom. The van der Waals surface area contributed by atoms with Gasteiger partial charge in [0.1, 0.15) is 12.0 Å². The number of hydrogen-bond acceptors (Lipinski definition) is 2. The van der Waals surface area contributed by atoms with Crippen LogP contribution in [0.3, 0.4) is 0 Å². The van der Waals surface area contributed by atoms with E-state index in [2.05, 4.69) is 0 Å². The summed E-state index contributed by atoms with van der Waals surface area (Å²) in [5, 5.41) is 9.87. The molecule has 0 aromatic heterocycles. The summed E-state index contributed by atoms with van der Waals surface area (Å²) in [6, 6.07) is 2.80. The maximum atomic E-state index is 10.1. The van der Waals surface area contributed by atoms with Crippen LogP contribution in [0.25, 0.3) is 0 Å². The molecule has 0 saturated carbocycles. The van der Waals surface area contributed by atoms with Gasteiger partial charge in [-0.25, -0.2) is 0 Å². The van der Waals surface area contributed by atoms with Gasteiger partial charge in [0.05, 0.1) is 10.0 Å². The third-order valence-electron chi connectivity index (χ3n) is 1.42. The molecule has 0 amide bonds. The molecular formula is C8H6Cl2O2. The molecule has 0 saturated heterocycles. The van der Waals surface area contributed by atoms with Gasteiger partial charge in [-0.15, -0.1) is 0 Å². The second-order valence-electron chi connectivity index (χ2n) is 2.27. The van der Waals surface area contributed by atoms with Gasteiger partial charge in [0.2, 0.25) is 0 Å². The highest BCUT2D eigenvalue weighted by Gasteiger charge is 2.05. The molecule has 64 valence electrons. The molecule has 0 aliphatic heterocycles. The van der Waals surface area contributed by atoms with E-state index in [-0.39, 0.29) is 17.2 Å². The zero-order valence-electron chi connectivity index (χ0n) is 6.05. The quantitative estimate of drug-likeness (QED) is 0.752. The first kappa shape index (κ1) is 9.36. The Morgan fingerprint density at radius 1 is 1.33 bits per heavy atom. The van der Waals surface area contributed by atoms with Crippen molar-refractivity contribution >= 4 is 29.5 Å². The molecule has 0 radical (unpaired) electrons. The van der Waals surface area contributed by atoms with E-state index >= 15 is 0 Å². The lowest BCUT2D eigenvalue weighted by molar-refractivity contribution is -0.107. The molecule has 0 bridgehead atoms. The highest BCUT2D eigenvalue weighted by molar-refractivity contribution is 6.42. The lowest BCUT2D eigenvalue weighted by Crippen LogP contribution is -1.86. The van der Waals surface area contributed by atoms with Crippen LogP contribution in [0.4, 0.5) is 0 Å². The van der Waals surface area contributed by atoms with E-state index in [1.165, 1.54) is 12.1 Å². The Hall–Kier alpha value is -0.730. The van der Waals surface area contributed by atoms with Gasteiger partial charge in [0, 0.05) is 18.1 Å². The Kier molecular flexibility index (Phi) is 2.95. The minimum absolute atomic E-state index is 0.00324. The summed E-state index contributed by atoms with van der Waals surface area (Å²) in [6.45, 7) is 0. The highest BCUT2D eigenvalue weighted by atomic mass is 35.5. The van der Waals surface area contributed by atoms with E-state index in [1.54, 1.807) is 0 Å². The zero-order chi connectivity index (χ0) is 9.14. The number of halogens is 2. The van der Waals surface area contributed by atoms with Gasteiger partial charge >= 0.3 is 0 Å². The normalized spacial score (nSPS) is 9.83. The average molecular weight is 205 g/mol. The van der Waals surface area contributed by atoms with Crippen molar-refractivity contribution in [3.63, 3.8) is 0 Å². The van der Waals surface area contributed by atoms with Crippen molar-refractivity contribution in [3.05, 3.63) is 27.7 Å². The number of phenolic OH excluding ortho intramolecular Hbond substituents is 1. The Labute approximate surface area is 79.7 Å². The van der Waals surface area contributed by atoms with Crippen LogP contribution in [0.2, 0.25) is 10.0 Å². The number of carbonyl (C=O) groups excluding carboxylic acids is 1. The summed E-state index contributed by atoms with van der Waals surface area (Å²) in [5.41, 5.74) is 0.486.